The Morgan fingerprint density at radius 2 is 2.32 bits per heavy atom. The molecule has 2 aliphatic rings. The van der Waals surface area contributed by atoms with E-state index in [9.17, 15) is 0 Å². The van der Waals surface area contributed by atoms with Gasteiger partial charge in [0.15, 0.2) is 0 Å². The fourth-order valence-electron chi connectivity index (χ4n) is 3.51. The van der Waals surface area contributed by atoms with Gasteiger partial charge < -0.3 is 5.32 Å². The van der Waals surface area contributed by atoms with Crippen LogP contribution in [-0.4, -0.2) is 22.9 Å². The highest BCUT2D eigenvalue weighted by molar-refractivity contribution is 5.20. The summed E-state index contributed by atoms with van der Waals surface area (Å²) in [4.78, 5) is 0. The molecule has 0 bridgehead atoms. The first-order valence-corrected chi connectivity index (χ1v) is 8.07. The highest BCUT2D eigenvalue weighted by Crippen LogP contribution is 2.24. The molecule has 1 aliphatic heterocycles. The lowest BCUT2D eigenvalue weighted by Crippen LogP contribution is -2.21. The molecule has 3 nitrogen and oxygen atoms in total. The number of hydrogen-bond donors (Lipinski definition) is 1. The van der Waals surface area contributed by atoms with Gasteiger partial charge in [-0.1, -0.05) is 13.3 Å². The molecule has 106 valence electrons. The van der Waals surface area contributed by atoms with E-state index in [1.54, 1.807) is 0 Å². The Labute approximate surface area is 116 Å². The van der Waals surface area contributed by atoms with E-state index in [-0.39, 0.29) is 0 Å². The molecule has 2 heterocycles. The smallest absolute Gasteiger partial charge is 0.0656 e. The van der Waals surface area contributed by atoms with E-state index >= 15 is 0 Å². The Hall–Kier alpha value is -0.830. The molecule has 0 amide bonds. The molecule has 1 N–H and O–H groups in total. The third-order valence-corrected chi connectivity index (χ3v) is 4.78. The SMILES string of the molecule is CC1CCc2nn(CCC3CCCCNC3)cc2C1. The lowest BCUT2D eigenvalue weighted by molar-refractivity contribution is 0.402. The topological polar surface area (TPSA) is 29.9 Å². The zero-order valence-electron chi connectivity index (χ0n) is 12.2. The molecule has 2 unspecified atom stereocenters. The second-order valence-corrected chi connectivity index (χ2v) is 6.57. The summed E-state index contributed by atoms with van der Waals surface area (Å²) >= 11 is 0. The molecule has 0 aromatic carbocycles. The van der Waals surface area contributed by atoms with Crippen molar-refractivity contribution in [3.63, 3.8) is 0 Å². The predicted molar refractivity (Wildman–Crippen MR) is 78.2 cm³/mol. The van der Waals surface area contributed by atoms with Gasteiger partial charge in [-0.2, -0.15) is 5.10 Å². The van der Waals surface area contributed by atoms with Crippen molar-refractivity contribution in [2.45, 2.75) is 58.4 Å². The molecule has 0 radical (unpaired) electrons. The van der Waals surface area contributed by atoms with Crippen LogP contribution in [0, 0.1) is 11.8 Å². The quantitative estimate of drug-likeness (QED) is 0.906. The molecule has 2 atom stereocenters. The summed E-state index contributed by atoms with van der Waals surface area (Å²) in [5.41, 5.74) is 2.88. The average molecular weight is 261 g/mol. The third kappa shape index (κ3) is 3.38. The van der Waals surface area contributed by atoms with Gasteiger partial charge in [-0.25, -0.2) is 0 Å². The van der Waals surface area contributed by atoms with Crippen molar-refractivity contribution in [1.29, 1.82) is 0 Å². The maximum Gasteiger partial charge on any atom is 0.0656 e. The monoisotopic (exact) mass is 261 g/mol. The Morgan fingerprint density at radius 3 is 3.26 bits per heavy atom. The van der Waals surface area contributed by atoms with Crippen LogP contribution in [0.4, 0.5) is 0 Å². The minimum Gasteiger partial charge on any atom is -0.316 e. The highest BCUT2D eigenvalue weighted by atomic mass is 15.3. The first kappa shape index (κ1) is 13.2. The normalized spacial score (nSPS) is 27.8. The molecular weight excluding hydrogens is 234 g/mol. The summed E-state index contributed by atoms with van der Waals surface area (Å²) in [6.07, 6.45) is 11.5. The summed E-state index contributed by atoms with van der Waals surface area (Å²) in [6.45, 7) is 5.88. The van der Waals surface area contributed by atoms with Crippen LogP contribution in [0.1, 0.15) is 50.3 Å². The highest BCUT2D eigenvalue weighted by Gasteiger charge is 2.19. The maximum atomic E-state index is 4.79. The van der Waals surface area contributed by atoms with Crippen LogP contribution < -0.4 is 5.32 Å². The standard InChI is InChI=1S/C16H27N3/c1-13-5-6-16-15(10-13)12-19(18-16)9-7-14-4-2-3-8-17-11-14/h12-14,17H,2-11H2,1H3. The van der Waals surface area contributed by atoms with Crippen molar-refractivity contribution >= 4 is 0 Å². The van der Waals surface area contributed by atoms with Gasteiger partial charge >= 0.3 is 0 Å². The molecule has 1 saturated heterocycles. The van der Waals surface area contributed by atoms with Crippen LogP contribution in [0.25, 0.3) is 0 Å². The second kappa shape index (κ2) is 6.08. The largest absolute Gasteiger partial charge is 0.316 e. The molecule has 1 aliphatic carbocycles. The number of aromatic nitrogens is 2. The summed E-state index contributed by atoms with van der Waals surface area (Å²) in [5.74, 6) is 1.69. The third-order valence-electron chi connectivity index (χ3n) is 4.78. The lowest BCUT2D eigenvalue weighted by Gasteiger charge is -2.15. The number of nitrogens with one attached hydrogen (secondary N) is 1. The Kier molecular flexibility index (Phi) is 4.21. The molecule has 1 aromatic heterocycles. The van der Waals surface area contributed by atoms with E-state index < -0.39 is 0 Å². The van der Waals surface area contributed by atoms with Crippen LogP contribution in [0.3, 0.4) is 0 Å². The summed E-state index contributed by atoms with van der Waals surface area (Å²) in [5, 5.41) is 8.35. The molecule has 3 rings (SSSR count). The minimum atomic E-state index is 0.844. The zero-order valence-corrected chi connectivity index (χ0v) is 12.2. The fourth-order valence-corrected chi connectivity index (χ4v) is 3.51. The van der Waals surface area contributed by atoms with Crippen molar-refractivity contribution in [2.24, 2.45) is 11.8 Å². The van der Waals surface area contributed by atoms with Gasteiger partial charge in [-0.15, -0.1) is 0 Å². The van der Waals surface area contributed by atoms with Gasteiger partial charge in [0, 0.05) is 12.7 Å². The van der Waals surface area contributed by atoms with Gasteiger partial charge in [0.2, 0.25) is 0 Å². The second-order valence-electron chi connectivity index (χ2n) is 6.57. The fraction of sp³-hybridized carbons (Fsp3) is 0.812. The van der Waals surface area contributed by atoms with Crippen molar-refractivity contribution in [3.05, 3.63) is 17.5 Å². The van der Waals surface area contributed by atoms with E-state index in [4.69, 9.17) is 5.10 Å². The molecule has 1 fully saturated rings. The van der Waals surface area contributed by atoms with E-state index in [0.717, 1.165) is 18.4 Å². The summed E-state index contributed by atoms with van der Waals surface area (Å²) in [6, 6.07) is 0. The molecular formula is C16H27N3. The number of aryl methyl sites for hydroxylation is 2. The van der Waals surface area contributed by atoms with Gasteiger partial charge in [0.1, 0.15) is 0 Å². The summed E-state index contributed by atoms with van der Waals surface area (Å²) < 4.78 is 2.22. The minimum absolute atomic E-state index is 0.844. The van der Waals surface area contributed by atoms with Gasteiger partial charge in [-0.3, -0.25) is 4.68 Å². The van der Waals surface area contributed by atoms with E-state index in [1.165, 1.54) is 69.3 Å². The maximum absolute atomic E-state index is 4.79. The van der Waals surface area contributed by atoms with Crippen LogP contribution >= 0.6 is 0 Å². The van der Waals surface area contributed by atoms with E-state index in [1.807, 2.05) is 0 Å². The van der Waals surface area contributed by atoms with Crippen LogP contribution in [-0.2, 0) is 19.4 Å². The van der Waals surface area contributed by atoms with Crippen LogP contribution in [0.2, 0.25) is 0 Å². The van der Waals surface area contributed by atoms with Crippen molar-refractivity contribution < 1.29 is 0 Å². The Morgan fingerprint density at radius 1 is 1.37 bits per heavy atom. The van der Waals surface area contributed by atoms with Crippen LogP contribution in [0.15, 0.2) is 6.20 Å². The van der Waals surface area contributed by atoms with E-state index in [0.29, 0.717) is 0 Å². The van der Waals surface area contributed by atoms with Crippen molar-refractivity contribution in [2.75, 3.05) is 13.1 Å². The molecule has 19 heavy (non-hydrogen) atoms. The molecule has 0 saturated carbocycles. The molecule has 3 heteroatoms. The number of hydrogen-bond acceptors (Lipinski definition) is 2. The lowest BCUT2D eigenvalue weighted by atomic mass is 9.89. The summed E-state index contributed by atoms with van der Waals surface area (Å²) in [7, 11) is 0. The zero-order chi connectivity index (χ0) is 13.1. The van der Waals surface area contributed by atoms with Gasteiger partial charge in [-0.05, 0) is 69.0 Å². The number of fused-ring (bicyclic) bond motifs is 1. The number of nitrogens with zero attached hydrogens (tertiary/aromatic N) is 2. The predicted octanol–water partition coefficient (Wildman–Crippen LogP) is 2.79. The van der Waals surface area contributed by atoms with Crippen molar-refractivity contribution in [1.82, 2.24) is 15.1 Å². The average Bonchev–Trinajstić information content (AvgIpc) is 2.63. The Balaban J connectivity index is 1.55. The molecule has 1 aromatic rings. The van der Waals surface area contributed by atoms with Crippen LogP contribution in [0.5, 0.6) is 0 Å². The first-order valence-electron chi connectivity index (χ1n) is 8.07. The van der Waals surface area contributed by atoms with Crippen molar-refractivity contribution in [3.8, 4) is 0 Å². The number of rotatable bonds is 3. The van der Waals surface area contributed by atoms with E-state index in [2.05, 4.69) is 23.1 Å². The first-order chi connectivity index (χ1) is 9.31. The molecule has 0 spiro atoms. The van der Waals surface area contributed by atoms with Gasteiger partial charge in [0.05, 0.1) is 5.69 Å². The Bertz CT molecular complexity index is 402. The van der Waals surface area contributed by atoms with Gasteiger partial charge in [0.25, 0.3) is 0 Å².